The Balaban J connectivity index is 1.69. The maximum absolute atomic E-state index is 13.6. The van der Waals surface area contributed by atoms with Crippen LogP contribution in [0.5, 0.6) is 5.75 Å². The average Bonchev–Trinajstić information content (AvgIpc) is 3.32. The molecule has 10 nitrogen and oxygen atoms in total. The van der Waals surface area contributed by atoms with Crippen molar-refractivity contribution >= 4 is 29.2 Å². The molecule has 0 spiro atoms. The van der Waals surface area contributed by atoms with E-state index in [1.807, 2.05) is 6.07 Å². The highest BCUT2D eigenvalue weighted by Gasteiger charge is 2.46. The minimum absolute atomic E-state index is 0.0140. The van der Waals surface area contributed by atoms with Gasteiger partial charge in [-0.15, -0.1) is 0 Å². The molecule has 0 bridgehead atoms. The van der Waals surface area contributed by atoms with Crippen molar-refractivity contribution in [1.29, 1.82) is 0 Å². The van der Waals surface area contributed by atoms with Crippen molar-refractivity contribution in [1.82, 2.24) is 0 Å². The summed E-state index contributed by atoms with van der Waals surface area (Å²) in [6.45, 7) is 5.41. The molecule has 3 atom stereocenters. The quantitative estimate of drug-likeness (QED) is 0.0689. The lowest BCUT2D eigenvalue weighted by atomic mass is 9.97. The van der Waals surface area contributed by atoms with Crippen LogP contribution in [-0.2, 0) is 19.1 Å². The van der Waals surface area contributed by atoms with Crippen molar-refractivity contribution < 1.29 is 44.0 Å². The van der Waals surface area contributed by atoms with Gasteiger partial charge in [0.15, 0.2) is 11.9 Å². The predicted octanol–water partition coefficient (Wildman–Crippen LogP) is 5.52. The Bertz CT molecular complexity index is 1290. The Hall–Kier alpha value is -3.76. The number of nitrogens with zero attached hydrogens (tertiary/aromatic N) is 1. The first-order valence-corrected chi connectivity index (χ1v) is 16.7. The number of phenols is 1. The Morgan fingerprint density at radius 1 is 0.826 bits per heavy atom. The molecule has 1 saturated heterocycles. The summed E-state index contributed by atoms with van der Waals surface area (Å²) in [6, 6.07) is 10.9. The smallest absolute Gasteiger partial charge is 0.343 e. The van der Waals surface area contributed by atoms with Gasteiger partial charge in [0.1, 0.15) is 18.5 Å². The number of ether oxygens (including phenoxy) is 2. The monoisotopic (exact) mass is 639 g/mol. The fourth-order valence-electron chi connectivity index (χ4n) is 5.56. The molecule has 2 aromatic carbocycles. The summed E-state index contributed by atoms with van der Waals surface area (Å²) in [5.41, 5.74) is 0.747. The second-order valence-electron chi connectivity index (χ2n) is 11.9. The highest BCUT2D eigenvalue weighted by molar-refractivity contribution is 6.15. The number of aliphatic hydroxyl groups excluding tert-OH is 2. The third-order valence-corrected chi connectivity index (χ3v) is 8.30. The Morgan fingerprint density at radius 2 is 1.39 bits per heavy atom. The number of hydrogen-bond acceptors (Lipinski definition) is 10. The van der Waals surface area contributed by atoms with Crippen LogP contribution in [0, 0.1) is 0 Å². The number of aromatic hydroxyl groups is 1. The fourth-order valence-corrected chi connectivity index (χ4v) is 5.56. The number of unbranched alkanes of at least 4 members (excludes halogenated alkanes) is 10. The lowest BCUT2D eigenvalue weighted by molar-refractivity contribution is -0.151. The molecule has 1 aliphatic rings. The lowest BCUT2D eigenvalue weighted by Crippen LogP contribution is -2.38. The number of Topliss-reactive ketones (excluding diaryl/α,β-unsaturated/α-hetero) is 1. The number of ketones is 2. The minimum atomic E-state index is -1.99. The molecule has 10 heteroatoms. The standard InChI is InChI=1S/C36H49NO9/c1-3-5-7-9-11-15-21-37(22-16-12-10-8-6-4-2)25-19-20-28(29(38)23-25)31(40)26-17-13-14-18-27(26)35(43)45-24-30(39)34-32(41)33(42)36(44)46-34/h13-14,17-20,23,30,33-34,38-39,42H,3-12,15-16,21-22,24H2,1-2H3. The molecular weight excluding hydrogens is 590 g/mol. The summed E-state index contributed by atoms with van der Waals surface area (Å²) in [4.78, 5) is 52.1. The normalized spacial score (nSPS) is 16.7. The molecule has 1 fully saturated rings. The van der Waals surface area contributed by atoms with Crippen LogP contribution in [0.1, 0.15) is 117 Å². The number of aliphatic hydroxyl groups is 2. The molecule has 1 heterocycles. The van der Waals surface area contributed by atoms with Crippen LogP contribution in [0.15, 0.2) is 42.5 Å². The van der Waals surface area contributed by atoms with E-state index in [2.05, 4.69) is 23.5 Å². The molecule has 2 aromatic rings. The Morgan fingerprint density at radius 3 is 1.93 bits per heavy atom. The van der Waals surface area contributed by atoms with Gasteiger partial charge in [-0.1, -0.05) is 96.3 Å². The maximum atomic E-state index is 13.6. The molecule has 252 valence electrons. The van der Waals surface area contributed by atoms with Gasteiger partial charge in [-0.2, -0.15) is 0 Å². The third kappa shape index (κ3) is 10.4. The van der Waals surface area contributed by atoms with Crippen LogP contribution in [0.4, 0.5) is 5.69 Å². The number of hydrogen-bond donors (Lipinski definition) is 3. The van der Waals surface area contributed by atoms with Gasteiger partial charge in [-0.25, -0.2) is 9.59 Å². The molecule has 0 saturated carbocycles. The van der Waals surface area contributed by atoms with E-state index in [9.17, 15) is 34.5 Å². The van der Waals surface area contributed by atoms with Gasteiger partial charge in [-0.3, -0.25) is 9.59 Å². The maximum Gasteiger partial charge on any atom is 0.343 e. The zero-order valence-electron chi connectivity index (χ0n) is 27.1. The first-order chi connectivity index (χ1) is 22.2. The van der Waals surface area contributed by atoms with Crippen molar-refractivity contribution in [2.75, 3.05) is 24.6 Å². The molecular formula is C36H49NO9. The Labute approximate surface area is 271 Å². The average molecular weight is 640 g/mol. The van der Waals surface area contributed by atoms with Crippen LogP contribution in [0.2, 0.25) is 0 Å². The van der Waals surface area contributed by atoms with Crippen molar-refractivity contribution in [3.05, 3.63) is 59.2 Å². The Kier molecular flexibility index (Phi) is 15.2. The molecule has 0 aromatic heterocycles. The molecule has 3 unspecified atom stereocenters. The van der Waals surface area contributed by atoms with E-state index in [1.54, 1.807) is 18.2 Å². The van der Waals surface area contributed by atoms with Gasteiger partial charge in [-0.05, 0) is 31.0 Å². The second-order valence-corrected chi connectivity index (χ2v) is 11.9. The number of cyclic esters (lactones) is 1. The van der Waals surface area contributed by atoms with Crippen molar-refractivity contribution in [3.63, 3.8) is 0 Å². The summed E-state index contributed by atoms with van der Waals surface area (Å²) in [7, 11) is 0. The fraction of sp³-hybridized carbons (Fsp3) is 0.556. The van der Waals surface area contributed by atoms with E-state index in [0.29, 0.717) is 0 Å². The second kappa shape index (κ2) is 19.0. The predicted molar refractivity (Wildman–Crippen MR) is 174 cm³/mol. The van der Waals surface area contributed by atoms with Gasteiger partial charge in [0.25, 0.3) is 0 Å². The van der Waals surface area contributed by atoms with Crippen molar-refractivity contribution in [3.8, 4) is 5.75 Å². The van der Waals surface area contributed by atoms with Crippen LogP contribution < -0.4 is 4.90 Å². The van der Waals surface area contributed by atoms with E-state index in [1.165, 1.54) is 69.6 Å². The third-order valence-electron chi connectivity index (χ3n) is 8.30. The zero-order valence-corrected chi connectivity index (χ0v) is 27.1. The van der Waals surface area contributed by atoms with E-state index in [4.69, 9.17) is 4.74 Å². The van der Waals surface area contributed by atoms with Gasteiger partial charge in [0.05, 0.1) is 11.1 Å². The SMILES string of the molecule is CCCCCCCCN(CCCCCCCC)c1ccc(C(=O)c2ccccc2C(=O)OCC(O)C2OC(=O)C(O)C2=O)c(O)c1. The van der Waals surface area contributed by atoms with E-state index in [-0.39, 0.29) is 22.4 Å². The number of phenolic OH excluding ortho intramolecular Hbond substituents is 1. The van der Waals surface area contributed by atoms with Gasteiger partial charge in [0.2, 0.25) is 11.9 Å². The summed E-state index contributed by atoms with van der Waals surface area (Å²) in [5.74, 6) is -3.95. The largest absolute Gasteiger partial charge is 0.507 e. The number of anilines is 1. The first-order valence-electron chi connectivity index (χ1n) is 16.7. The van der Waals surface area contributed by atoms with Crippen molar-refractivity contribution in [2.24, 2.45) is 0 Å². The molecule has 0 amide bonds. The number of esters is 2. The van der Waals surface area contributed by atoms with Crippen LogP contribution in [0.25, 0.3) is 0 Å². The van der Waals surface area contributed by atoms with Gasteiger partial charge < -0.3 is 29.7 Å². The van der Waals surface area contributed by atoms with Crippen LogP contribution in [0.3, 0.4) is 0 Å². The van der Waals surface area contributed by atoms with Crippen LogP contribution in [-0.4, -0.2) is 76.8 Å². The number of carbonyl (C=O) groups is 4. The first kappa shape index (κ1) is 36.7. The van der Waals surface area contributed by atoms with E-state index in [0.717, 1.165) is 44.5 Å². The summed E-state index contributed by atoms with van der Waals surface area (Å²) >= 11 is 0. The highest BCUT2D eigenvalue weighted by atomic mass is 16.6. The minimum Gasteiger partial charge on any atom is -0.507 e. The number of benzene rings is 2. The molecule has 3 N–H and O–H groups in total. The van der Waals surface area contributed by atoms with Crippen LogP contribution >= 0.6 is 0 Å². The number of carbonyl (C=O) groups excluding carboxylic acids is 4. The topological polar surface area (TPSA) is 151 Å². The highest BCUT2D eigenvalue weighted by Crippen LogP contribution is 2.29. The molecule has 46 heavy (non-hydrogen) atoms. The summed E-state index contributed by atoms with van der Waals surface area (Å²) in [6.07, 6.45) is 8.80. The van der Waals surface area contributed by atoms with E-state index >= 15 is 0 Å². The molecule has 1 aliphatic heterocycles. The summed E-state index contributed by atoms with van der Waals surface area (Å²) in [5, 5.41) is 30.7. The molecule has 0 aliphatic carbocycles. The van der Waals surface area contributed by atoms with Gasteiger partial charge >= 0.3 is 11.9 Å². The number of rotatable bonds is 21. The zero-order chi connectivity index (χ0) is 33.5. The van der Waals surface area contributed by atoms with E-state index < -0.39 is 48.4 Å². The molecule has 3 rings (SSSR count). The summed E-state index contributed by atoms with van der Waals surface area (Å²) < 4.78 is 9.79. The lowest BCUT2D eigenvalue weighted by Gasteiger charge is -2.25. The van der Waals surface area contributed by atoms with Crippen molar-refractivity contribution in [2.45, 2.75) is 109 Å². The molecule has 0 radical (unpaired) electrons. The van der Waals surface area contributed by atoms with Gasteiger partial charge in [0, 0.05) is 30.4 Å².